The average molecular weight is 262 g/mol. The van der Waals surface area contributed by atoms with Crippen LogP contribution in [0, 0.1) is 11.8 Å². The molecular formula is C10H16BrNO2. The van der Waals surface area contributed by atoms with E-state index in [2.05, 4.69) is 21.2 Å². The summed E-state index contributed by atoms with van der Waals surface area (Å²) < 4.78 is 0. The third kappa shape index (κ3) is 1.96. The van der Waals surface area contributed by atoms with Crippen LogP contribution in [0.2, 0.25) is 0 Å². The van der Waals surface area contributed by atoms with Crippen LogP contribution in [0.5, 0.6) is 0 Å². The Balaban J connectivity index is 1.99. The number of hydrogen-bond acceptors (Lipinski definition) is 2. The zero-order chi connectivity index (χ0) is 10.1. The molecule has 2 rings (SSSR count). The van der Waals surface area contributed by atoms with Crippen molar-refractivity contribution < 1.29 is 9.90 Å². The highest BCUT2D eigenvalue weighted by atomic mass is 79.9. The van der Waals surface area contributed by atoms with Gasteiger partial charge in [-0.15, -0.1) is 0 Å². The SMILES string of the molecule is O=C(O)C1CNC2C(Br)CCCC2C1. The lowest BCUT2D eigenvalue weighted by Gasteiger charge is -2.41. The summed E-state index contributed by atoms with van der Waals surface area (Å²) in [7, 11) is 0. The second-order valence-electron chi connectivity index (χ2n) is 4.41. The standard InChI is InChI=1S/C10H16BrNO2/c11-8-3-1-2-6-4-7(10(13)14)5-12-9(6)8/h6-9,12H,1-5H2,(H,13,14). The third-order valence-electron chi connectivity index (χ3n) is 3.49. The lowest BCUT2D eigenvalue weighted by Crippen LogP contribution is -2.53. The molecule has 2 fully saturated rings. The van der Waals surface area contributed by atoms with Gasteiger partial charge in [0.05, 0.1) is 5.92 Å². The molecule has 0 amide bonds. The highest BCUT2D eigenvalue weighted by Gasteiger charge is 2.38. The van der Waals surface area contributed by atoms with Gasteiger partial charge in [0.2, 0.25) is 0 Å². The number of hydrogen-bond donors (Lipinski definition) is 2. The molecule has 80 valence electrons. The number of carboxylic acid groups (broad SMARTS) is 1. The molecule has 2 N–H and O–H groups in total. The van der Waals surface area contributed by atoms with E-state index in [-0.39, 0.29) is 5.92 Å². The molecule has 0 aromatic heterocycles. The number of aliphatic carboxylic acids is 1. The summed E-state index contributed by atoms with van der Waals surface area (Å²) in [6, 6.07) is 0.499. The number of halogens is 1. The van der Waals surface area contributed by atoms with Crippen LogP contribution < -0.4 is 5.32 Å². The Labute approximate surface area is 92.4 Å². The van der Waals surface area contributed by atoms with Gasteiger partial charge in [-0.2, -0.15) is 0 Å². The van der Waals surface area contributed by atoms with Gasteiger partial charge in [-0.1, -0.05) is 22.4 Å². The van der Waals surface area contributed by atoms with Gasteiger partial charge in [-0.25, -0.2) is 0 Å². The lowest BCUT2D eigenvalue weighted by molar-refractivity contribution is -0.143. The van der Waals surface area contributed by atoms with E-state index in [1.807, 2.05) is 0 Å². The minimum atomic E-state index is -0.646. The summed E-state index contributed by atoms with van der Waals surface area (Å²) in [6.07, 6.45) is 4.48. The van der Waals surface area contributed by atoms with Crippen LogP contribution in [0.1, 0.15) is 25.7 Å². The molecule has 0 bridgehead atoms. The van der Waals surface area contributed by atoms with Crippen molar-refractivity contribution in [2.45, 2.75) is 36.6 Å². The highest BCUT2D eigenvalue weighted by Crippen LogP contribution is 2.36. The van der Waals surface area contributed by atoms with E-state index >= 15 is 0 Å². The van der Waals surface area contributed by atoms with Crippen molar-refractivity contribution >= 4 is 21.9 Å². The van der Waals surface area contributed by atoms with Crippen molar-refractivity contribution in [3.8, 4) is 0 Å². The minimum absolute atomic E-state index is 0.172. The van der Waals surface area contributed by atoms with Gasteiger partial charge in [-0.05, 0) is 25.2 Å². The molecule has 0 aromatic rings. The molecule has 4 unspecified atom stereocenters. The summed E-state index contributed by atoms with van der Waals surface area (Å²) in [4.78, 5) is 11.4. The molecule has 0 spiro atoms. The number of fused-ring (bicyclic) bond motifs is 1. The van der Waals surface area contributed by atoms with Gasteiger partial charge in [0.15, 0.2) is 0 Å². The molecule has 1 aliphatic carbocycles. The molecule has 3 nitrogen and oxygen atoms in total. The van der Waals surface area contributed by atoms with Gasteiger partial charge in [0.1, 0.15) is 0 Å². The number of carboxylic acids is 1. The summed E-state index contributed by atoms with van der Waals surface area (Å²) in [5, 5.41) is 12.3. The van der Waals surface area contributed by atoms with Gasteiger partial charge in [0, 0.05) is 17.4 Å². The Hall–Kier alpha value is -0.0900. The Kier molecular flexibility index (Phi) is 3.12. The van der Waals surface area contributed by atoms with E-state index in [0.29, 0.717) is 23.3 Å². The first kappa shape index (κ1) is 10.4. The van der Waals surface area contributed by atoms with Crippen molar-refractivity contribution in [2.75, 3.05) is 6.54 Å². The third-order valence-corrected chi connectivity index (χ3v) is 4.52. The normalized spacial score (nSPS) is 42.9. The molecule has 4 atom stereocenters. The van der Waals surface area contributed by atoms with E-state index < -0.39 is 5.97 Å². The van der Waals surface area contributed by atoms with Crippen LogP contribution in [0.3, 0.4) is 0 Å². The maximum Gasteiger partial charge on any atom is 0.307 e. The summed E-state index contributed by atoms with van der Waals surface area (Å²) in [5.74, 6) is -0.260. The molecule has 1 aliphatic heterocycles. The zero-order valence-electron chi connectivity index (χ0n) is 8.08. The molecule has 1 heterocycles. The second kappa shape index (κ2) is 4.19. The topological polar surface area (TPSA) is 49.3 Å². The molecular weight excluding hydrogens is 246 g/mol. The van der Waals surface area contributed by atoms with E-state index in [1.54, 1.807) is 0 Å². The van der Waals surface area contributed by atoms with Gasteiger partial charge in [-0.3, -0.25) is 4.79 Å². The summed E-state index contributed by atoms with van der Waals surface area (Å²) in [6.45, 7) is 0.637. The fourth-order valence-corrected chi connectivity index (χ4v) is 3.65. The maximum atomic E-state index is 10.9. The van der Waals surface area contributed by atoms with Crippen molar-refractivity contribution in [1.82, 2.24) is 5.32 Å². The first-order valence-electron chi connectivity index (χ1n) is 5.28. The first-order chi connectivity index (χ1) is 6.68. The van der Waals surface area contributed by atoms with Crippen LogP contribution in [0.25, 0.3) is 0 Å². The molecule has 2 aliphatic rings. The van der Waals surface area contributed by atoms with Gasteiger partial charge >= 0.3 is 5.97 Å². The predicted octanol–water partition coefficient (Wildman–Crippen LogP) is 1.61. The Morgan fingerprint density at radius 1 is 1.43 bits per heavy atom. The largest absolute Gasteiger partial charge is 0.481 e. The van der Waals surface area contributed by atoms with Crippen LogP contribution >= 0.6 is 15.9 Å². The van der Waals surface area contributed by atoms with Crippen molar-refractivity contribution in [1.29, 1.82) is 0 Å². The van der Waals surface area contributed by atoms with Crippen LogP contribution in [0.4, 0.5) is 0 Å². The van der Waals surface area contributed by atoms with Gasteiger partial charge in [0.25, 0.3) is 0 Å². The summed E-state index contributed by atoms with van der Waals surface area (Å²) in [5.41, 5.74) is 0. The zero-order valence-corrected chi connectivity index (χ0v) is 9.66. The number of piperidine rings is 1. The summed E-state index contributed by atoms with van der Waals surface area (Å²) >= 11 is 3.68. The predicted molar refractivity (Wildman–Crippen MR) is 57.6 cm³/mol. The molecule has 1 saturated heterocycles. The first-order valence-corrected chi connectivity index (χ1v) is 6.20. The van der Waals surface area contributed by atoms with Crippen molar-refractivity contribution in [3.63, 3.8) is 0 Å². The lowest BCUT2D eigenvalue weighted by atomic mass is 9.76. The van der Waals surface area contributed by atoms with E-state index in [0.717, 1.165) is 6.42 Å². The Morgan fingerprint density at radius 2 is 2.21 bits per heavy atom. The van der Waals surface area contributed by atoms with Crippen molar-refractivity contribution in [2.24, 2.45) is 11.8 Å². The van der Waals surface area contributed by atoms with E-state index in [4.69, 9.17) is 5.11 Å². The second-order valence-corrected chi connectivity index (χ2v) is 5.59. The van der Waals surface area contributed by atoms with E-state index in [9.17, 15) is 4.79 Å². The van der Waals surface area contributed by atoms with Crippen LogP contribution in [-0.4, -0.2) is 28.5 Å². The Bertz CT molecular complexity index is 234. The molecule has 4 heteroatoms. The average Bonchev–Trinajstić information content (AvgIpc) is 2.17. The molecule has 1 saturated carbocycles. The number of nitrogens with one attached hydrogen (secondary N) is 1. The van der Waals surface area contributed by atoms with Crippen LogP contribution in [-0.2, 0) is 4.79 Å². The highest BCUT2D eigenvalue weighted by molar-refractivity contribution is 9.09. The van der Waals surface area contributed by atoms with Gasteiger partial charge < -0.3 is 10.4 Å². The fourth-order valence-electron chi connectivity index (χ4n) is 2.70. The maximum absolute atomic E-state index is 10.9. The van der Waals surface area contributed by atoms with Crippen molar-refractivity contribution in [3.05, 3.63) is 0 Å². The number of alkyl halides is 1. The van der Waals surface area contributed by atoms with E-state index in [1.165, 1.54) is 19.3 Å². The smallest absolute Gasteiger partial charge is 0.307 e. The monoisotopic (exact) mass is 261 g/mol. The fraction of sp³-hybridized carbons (Fsp3) is 0.900. The van der Waals surface area contributed by atoms with Crippen LogP contribution in [0.15, 0.2) is 0 Å². The molecule has 0 radical (unpaired) electrons. The number of rotatable bonds is 1. The quantitative estimate of drug-likeness (QED) is 0.706. The Morgan fingerprint density at radius 3 is 2.93 bits per heavy atom. The molecule has 0 aromatic carbocycles. The minimum Gasteiger partial charge on any atom is -0.481 e. The molecule has 14 heavy (non-hydrogen) atoms. The number of carbonyl (C=O) groups is 1.